The lowest BCUT2D eigenvalue weighted by Crippen LogP contribution is -2.30. The molecule has 1 N–H and O–H groups in total. The Morgan fingerprint density at radius 3 is 2.30 bits per heavy atom. The van der Waals surface area contributed by atoms with Gasteiger partial charge >= 0.3 is 0 Å². The van der Waals surface area contributed by atoms with Crippen LogP contribution in [0.1, 0.15) is 28.3 Å². The van der Waals surface area contributed by atoms with E-state index in [0.717, 1.165) is 32.5 Å². The van der Waals surface area contributed by atoms with Crippen LogP contribution in [0.25, 0.3) is 5.57 Å². The first-order chi connectivity index (χ1) is 14.5. The zero-order valence-corrected chi connectivity index (χ0v) is 18.4. The van der Waals surface area contributed by atoms with E-state index in [2.05, 4.69) is 15.9 Å². The van der Waals surface area contributed by atoms with Gasteiger partial charge in [-0.3, -0.25) is 4.79 Å². The van der Waals surface area contributed by atoms with Crippen molar-refractivity contribution in [3.63, 3.8) is 0 Å². The van der Waals surface area contributed by atoms with Crippen LogP contribution in [0.15, 0.2) is 83.0 Å². The third kappa shape index (κ3) is 3.73. The number of carbonyl (C=O) groups is 1. The van der Waals surface area contributed by atoms with Crippen molar-refractivity contribution in [1.29, 1.82) is 0 Å². The molecule has 0 spiro atoms. The van der Waals surface area contributed by atoms with Gasteiger partial charge in [0.1, 0.15) is 5.75 Å². The number of nitrogens with zero attached hydrogens (tertiary/aromatic N) is 1. The maximum Gasteiger partial charge on any atom is 0.290 e. The van der Waals surface area contributed by atoms with Crippen molar-refractivity contribution in [3.05, 3.63) is 105 Å². The van der Waals surface area contributed by atoms with Crippen LogP contribution in [0.3, 0.4) is 0 Å². The third-order valence-corrected chi connectivity index (χ3v) is 6.10. The van der Waals surface area contributed by atoms with Gasteiger partial charge in [0.05, 0.1) is 13.2 Å². The highest BCUT2D eigenvalue weighted by molar-refractivity contribution is 9.10. The van der Waals surface area contributed by atoms with Crippen molar-refractivity contribution >= 4 is 27.4 Å². The summed E-state index contributed by atoms with van der Waals surface area (Å²) in [7, 11) is 1.62. The molecule has 1 aliphatic rings. The predicted octanol–water partition coefficient (Wildman–Crippen LogP) is 5.82. The molecule has 0 saturated heterocycles. The number of amides is 1. The second-order valence-electron chi connectivity index (χ2n) is 7.33. The minimum atomic E-state index is -0.405. The van der Waals surface area contributed by atoms with E-state index >= 15 is 0 Å². The highest BCUT2D eigenvalue weighted by Crippen LogP contribution is 2.45. The van der Waals surface area contributed by atoms with Gasteiger partial charge in [-0.15, -0.1) is 0 Å². The monoisotopic (exact) mass is 463 g/mol. The molecule has 4 rings (SSSR count). The average Bonchev–Trinajstić information content (AvgIpc) is 3.00. The molecule has 0 bridgehead atoms. The summed E-state index contributed by atoms with van der Waals surface area (Å²) in [6, 6.07) is 22.9. The number of aliphatic hydroxyl groups is 1. The number of halogens is 1. The first-order valence-electron chi connectivity index (χ1n) is 9.68. The minimum absolute atomic E-state index is 0.201. The van der Waals surface area contributed by atoms with Crippen molar-refractivity contribution in [3.8, 4) is 5.75 Å². The van der Waals surface area contributed by atoms with E-state index in [1.165, 1.54) is 0 Å². The van der Waals surface area contributed by atoms with Crippen LogP contribution in [0.5, 0.6) is 5.75 Å². The number of hydrogen-bond acceptors (Lipinski definition) is 3. The first-order valence-corrected chi connectivity index (χ1v) is 10.5. The number of rotatable bonds is 5. The quantitative estimate of drug-likeness (QED) is 0.518. The fourth-order valence-corrected chi connectivity index (χ4v) is 4.29. The number of aryl methyl sites for hydroxylation is 1. The fraction of sp³-hybridized carbons (Fsp3) is 0.160. The summed E-state index contributed by atoms with van der Waals surface area (Å²) in [6.07, 6.45) is 0. The SMILES string of the molecule is COc1ccc(CN2C(=O)C(O)=C(c3ccc(C)cc3)[C@@H]2c2ccccc2Br)cc1. The van der Waals surface area contributed by atoms with Crippen LogP contribution >= 0.6 is 15.9 Å². The Kier molecular flexibility index (Phi) is 5.64. The summed E-state index contributed by atoms with van der Waals surface area (Å²) >= 11 is 3.63. The minimum Gasteiger partial charge on any atom is -0.503 e. The first kappa shape index (κ1) is 20.2. The smallest absolute Gasteiger partial charge is 0.290 e. The average molecular weight is 464 g/mol. The van der Waals surface area contributed by atoms with Crippen molar-refractivity contribution in [2.24, 2.45) is 0 Å². The molecule has 1 atom stereocenters. The summed E-state index contributed by atoms with van der Waals surface area (Å²) in [5.41, 5.74) is 4.47. The number of methoxy groups -OCH3 is 1. The molecule has 0 aromatic heterocycles. The van der Waals surface area contributed by atoms with Gasteiger partial charge in [0, 0.05) is 16.6 Å². The lowest BCUT2D eigenvalue weighted by Gasteiger charge is -2.28. The predicted molar refractivity (Wildman–Crippen MR) is 121 cm³/mol. The van der Waals surface area contributed by atoms with Gasteiger partial charge in [-0.25, -0.2) is 0 Å². The largest absolute Gasteiger partial charge is 0.503 e. The molecule has 0 fully saturated rings. The van der Waals surface area contributed by atoms with Crippen molar-refractivity contribution < 1.29 is 14.6 Å². The molecule has 3 aromatic carbocycles. The molecule has 152 valence electrons. The summed E-state index contributed by atoms with van der Waals surface area (Å²) in [6.45, 7) is 2.38. The van der Waals surface area contributed by atoms with Gasteiger partial charge in [0.15, 0.2) is 5.76 Å². The summed E-state index contributed by atoms with van der Waals surface area (Å²) in [5.74, 6) is 0.186. The topological polar surface area (TPSA) is 49.8 Å². The van der Waals surface area contributed by atoms with E-state index < -0.39 is 6.04 Å². The van der Waals surface area contributed by atoms with Crippen molar-refractivity contribution in [1.82, 2.24) is 4.90 Å². The summed E-state index contributed by atoms with van der Waals surface area (Å²) in [4.78, 5) is 14.9. The van der Waals surface area contributed by atoms with Gasteiger partial charge in [0.25, 0.3) is 5.91 Å². The van der Waals surface area contributed by atoms with Crippen LogP contribution in [0.4, 0.5) is 0 Å². The van der Waals surface area contributed by atoms with Crippen molar-refractivity contribution in [2.75, 3.05) is 7.11 Å². The van der Waals surface area contributed by atoms with Crippen molar-refractivity contribution in [2.45, 2.75) is 19.5 Å². The number of ether oxygens (including phenoxy) is 1. The Morgan fingerprint density at radius 2 is 1.67 bits per heavy atom. The Hall–Kier alpha value is -3.05. The van der Waals surface area contributed by atoms with E-state index in [1.54, 1.807) is 12.0 Å². The molecule has 1 amide bonds. The van der Waals surface area contributed by atoms with Gasteiger partial charge in [0.2, 0.25) is 0 Å². The number of benzene rings is 3. The standard InChI is InChI=1S/C25H22BrNO3/c1-16-7-11-18(12-8-16)22-23(20-5-3-4-6-21(20)26)27(25(29)24(22)28)15-17-9-13-19(30-2)14-10-17/h3-14,23,28H,15H2,1-2H3/t23-/m0/s1. The summed E-state index contributed by atoms with van der Waals surface area (Å²) < 4.78 is 6.12. The molecule has 1 heterocycles. The Labute approximate surface area is 184 Å². The zero-order chi connectivity index (χ0) is 21.3. The van der Waals surface area contributed by atoms with Crippen LogP contribution < -0.4 is 4.74 Å². The van der Waals surface area contributed by atoms with Gasteiger partial charge in [-0.05, 0) is 41.8 Å². The molecular weight excluding hydrogens is 442 g/mol. The van der Waals surface area contributed by atoms with E-state index in [1.807, 2.05) is 79.7 Å². The van der Waals surface area contributed by atoms with E-state index in [-0.39, 0.29) is 11.7 Å². The van der Waals surface area contributed by atoms with E-state index in [4.69, 9.17) is 4.74 Å². The molecule has 0 saturated carbocycles. The zero-order valence-electron chi connectivity index (χ0n) is 16.8. The van der Waals surface area contributed by atoms with Crippen LogP contribution in [-0.4, -0.2) is 23.0 Å². The number of aliphatic hydroxyl groups excluding tert-OH is 1. The molecule has 0 aliphatic carbocycles. The van der Waals surface area contributed by atoms with E-state index in [9.17, 15) is 9.90 Å². The molecule has 4 nitrogen and oxygen atoms in total. The van der Waals surface area contributed by atoms with E-state index in [0.29, 0.717) is 12.1 Å². The summed E-state index contributed by atoms with van der Waals surface area (Å²) in [5, 5.41) is 10.9. The molecular formula is C25H22BrNO3. The molecule has 5 heteroatoms. The molecule has 0 radical (unpaired) electrons. The second-order valence-corrected chi connectivity index (χ2v) is 8.19. The van der Waals surface area contributed by atoms with Crippen LogP contribution in [-0.2, 0) is 11.3 Å². The Balaban J connectivity index is 1.80. The van der Waals surface area contributed by atoms with Gasteiger partial charge in [-0.1, -0.05) is 76.1 Å². The lowest BCUT2D eigenvalue weighted by atomic mass is 9.93. The third-order valence-electron chi connectivity index (χ3n) is 5.38. The van der Waals surface area contributed by atoms with Gasteiger partial charge < -0.3 is 14.7 Å². The van der Waals surface area contributed by atoms with Gasteiger partial charge in [-0.2, -0.15) is 0 Å². The lowest BCUT2D eigenvalue weighted by molar-refractivity contribution is -0.130. The highest BCUT2D eigenvalue weighted by Gasteiger charge is 2.41. The Bertz CT molecular complexity index is 1100. The fourth-order valence-electron chi connectivity index (χ4n) is 3.79. The second kappa shape index (κ2) is 8.36. The Morgan fingerprint density at radius 1 is 1.00 bits per heavy atom. The van der Waals surface area contributed by atoms with Crippen LogP contribution in [0, 0.1) is 6.92 Å². The molecule has 1 aliphatic heterocycles. The number of carbonyl (C=O) groups excluding carboxylic acids is 1. The number of hydrogen-bond donors (Lipinski definition) is 1. The molecule has 0 unspecified atom stereocenters. The molecule has 30 heavy (non-hydrogen) atoms. The normalized spacial score (nSPS) is 16.3. The maximum absolute atomic E-state index is 13.2. The van der Waals surface area contributed by atoms with Crippen LogP contribution in [0.2, 0.25) is 0 Å². The maximum atomic E-state index is 13.2. The highest BCUT2D eigenvalue weighted by atomic mass is 79.9. The molecule has 3 aromatic rings.